The van der Waals surface area contributed by atoms with Crippen LogP contribution in [0.25, 0.3) is 0 Å². The molecule has 3 N–H and O–H groups in total. The van der Waals surface area contributed by atoms with Crippen molar-refractivity contribution in [3.63, 3.8) is 0 Å². The topological polar surface area (TPSA) is 50.9 Å². The van der Waals surface area contributed by atoms with Crippen LogP contribution in [-0.4, -0.2) is 17.6 Å². The highest BCUT2D eigenvalue weighted by Gasteiger charge is 1.98. The summed E-state index contributed by atoms with van der Waals surface area (Å²) in [6, 6.07) is 4.52. The third-order valence-electron chi connectivity index (χ3n) is 2.00. The standard InChI is InChI=1S/C10H17N3/c1-9(2-5-11)13-8-10-3-6-12-7-4-10/h3-4,6-7,9,13H,2,5,8,11H2,1H3. The molecule has 0 radical (unpaired) electrons. The SMILES string of the molecule is CC(CCN)NCc1ccncc1. The van der Waals surface area contributed by atoms with Crippen molar-refractivity contribution in [2.45, 2.75) is 25.9 Å². The number of rotatable bonds is 5. The van der Waals surface area contributed by atoms with Gasteiger partial charge in [-0.3, -0.25) is 4.98 Å². The zero-order valence-electron chi connectivity index (χ0n) is 8.03. The Morgan fingerprint density at radius 1 is 1.46 bits per heavy atom. The van der Waals surface area contributed by atoms with Crippen LogP contribution in [0.2, 0.25) is 0 Å². The quantitative estimate of drug-likeness (QED) is 0.706. The third-order valence-corrected chi connectivity index (χ3v) is 2.00. The van der Waals surface area contributed by atoms with Crippen LogP contribution in [-0.2, 0) is 6.54 Å². The van der Waals surface area contributed by atoms with Crippen molar-refractivity contribution >= 4 is 0 Å². The van der Waals surface area contributed by atoms with E-state index in [0.29, 0.717) is 6.04 Å². The summed E-state index contributed by atoms with van der Waals surface area (Å²) in [6.45, 7) is 3.78. The number of pyridine rings is 1. The van der Waals surface area contributed by atoms with E-state index in [2.05, 4.69) is 17.2 Å². The molecule has 3 nitrogen and oxygen atoms in total. The van der Waals surface area contributed by atoms with Crippen molar-refractivity contribution in [3.8, 4) is 0 Å². The highest BCUT2D eigenvalue weighted by molar-refractivity contribution is 5.09. The Bertz CT molecular complexity index is 223. The van der Waals surface area contributed by atoms with E-state index in [9.17, 15) is 0 Å². The summed E-state index contributed by atoms with van der Waals surface area (Å²) in [5.41, 5.74) is 6.71. The van der Waals surface area contributed by atoms with Gasteiger partial charge < -0.3 is 11.1 Å². The molecule has 0 saturated heterocycles. The molecule has 1 rings (SSSR count). The summed E-state index contributed by atoms with van der Waals surface area (Å²) in [5, 5.41) is 3.39. The first-order valence-electron chi connectivity index (χ1n) is 4.65. The molecule has 0 aliphatic heterocycles. The number of nitrogens with two attached hydrogens (primary N) is 1. The zero-order valence-corrected chi connectivity index (χ0v) is 8.03. The molecule has 0 fully saturated rings. The van der Waals surface area contributed by atoms with E-state index >= 15 is 0 Å². The molecule has 0 spiro atoms. The van der Waals surface area contributed by atoms with E-state index in [1.165, 1.54) is 5.56 Å². The first-order chi connectivity index (χ1) is 6.33. The van der Waals surface area contributed by atoms with Gasteiger partial charge >= 0.3 is 0 Å². The van der Waals surface area contributed by atoms with Crippen molar-refractivity contribution in [1.29, 1.82) is 0 Å². The second-order valence-electron chi connectivity index (χ2n) is 3.21. The lowest BCUT2D eigenvalue weighted by molar-refractivity contribution is 0.519. The van der Waals surface area contributed by atoms with Crippen molar-refractivity contribution in [1.82, 2.24) is 10.3 Å². The van der Waals surface area contributed by atoms with E-state index in [-0.39, 0.29) is 0 Å². The molecule has 0 aliphatic rings. The highest BCUT2D eigenvalue weighted by Crippen LogP contribution is 1.97. The van der Waals surface area contributed by atoms with Crippen LogP contribution >= 0.6 is 0 Å². The van der Waals surface area contributed by atoms with Crippen LogP contribution in [0, 0.1) is 0 Å². The molecule has 0 amide bonds. The van der Waals surface area contributed by atoms with Gasteiger partial charge in [-0.05, 0) is 37.6 Å². The predicted molar refractivity (Wildman–Crippen MR) is 54.2 cm³/mol. The summed E-state index contributed by atoms with van der Waals surface area (Å²) in [4.78, 5) is 3.96. The first kappa shape index (κ1) is 10.2. The lowest BCUT2D eigenvalue weighted by Crippen LogP contribution is -2.27. The summed E-state index contributed by atoms with van der Waals surface area (Å²) >= 11 is 0. The smallest absolute Gasteiger partial charge is 0.0271 e. The molecule has 3 heteroatoms. The fourth-order valence-electron chi connectivity index (χ4n) is 1.14. The maximum atomic E-state index is 5.45. The second kappa shape index (κ2) is 5.67. The number of hydrogen-bond acceptors (Lipinski definition) is 3. The maximum absolute atomic E-state index is 5.45. The van der Waals surface area contributed by atoms with Crippen LogP contribution in [0.5, 0.6) is 0 Å². The van der Waals surface area contributed by atoms with Gasteiger partial charge in [0.15, 0.2) is 0 Å². The highest BCUT2D eigenvalue weighted by atomic mass is 14.9. The first-order valence-corrected chi connectivity index (χ1v) is 4.65. The minimum Gasteiger partial charge on any atom is -0.330 e. The molecule has 0 saturated carbocycles. The Morgan fingerprint density at radius 2 is 2.15 bits per heavy atom. The molecule has 0 aliphatic carbocycles. The average Bonchev–Trinajstić information content (AvgIpc) is 2.17. The Hall–Kier alpha value is -0.930. The molecule has 1 aromatic rings. The number of hydrogen-bond donors (Lipinski definition) is 2. The van der Waals surface area contributed by atoms with Gasteiger partial charge in [-0.25, -0.2) is 0 Å². The monoisotopic (exact) mass is 179 g/mol. The van der Waals surface area contributed by atoms with Crippen molar-refractivity contribution in [2.24, 2.45) is 5.73 Å². The molecule has 72 valence electrons. The van der Waals surface area contributed by atoms with Crippen molar-refractivity contribution in [3.05, 3.63) is 30.1 Å². The van der Waals surface area contributed by atoms with Gasteiger partial charge in [-0.15, -0.1) is 0 Å². The van der Waals surface area contributed by atoms with Crippen molar-refractivity contribution < 1.29 is 0 Å². The largest absolute Gasteiger partial charge is 0.330 e. The Kier molecular flexibility index (Phi) is 4.43. The maximum Gasteiger partial charge on any atom is 0.0271 e. The predicted octanol–water partition coefficient (Wildman–Crippen LogP) is 0.908. The van der Waals surface area contributed by atoms with Gasteiger partial charge in [0.1, 0.15) is 0 Å². The van der Waals surface area contributed by atoms with Crippen LogP contribution in [0.15, 0.2) is 24.5 Å². The summed E-state index contributed by atoms with van der Waals surface area (Å²) < 4.78 is 0. The lowest BCUT2D eigenvalue weighted by Gasteiger charge is -2.11. The van der Waals surface area contributed by atoms with E-state index in [1.54, 1.807) is 0 Å². The number of nitrogens with zero attached hydrogens (tertiary/aromatic N) is 1. The molecule has 1 aromatic heterocycles. The minimum absolute atomic E-state index is 0.484. The van der Waals surface area contributed by atoms with Gasteiger partial charge in [-0.1, -0.05) is 0 Å². The molecule has 1 atom stereocenters. The third kappa shape index (κ3) is 4.01. The molecule has 13 heavy (non-hydrogen) atoms. The Labute approximate surface area is 79.4 Å². The molecular formula is C10H17N3. The van der Waals surface area contributed by atoms with Gasteiger partial charge in [0.05, 0.1) is 0 Å². The molecule has 1 heterocycles. The Morgan fingerprint density at radius 3 is 2.77 bits per heavy atom. The molecule has 0 bridgehead atoms. The van der Waals surface area contributed by atoms with Gasteiger partial charge in [0.2, 0.25) is 0 Å². The van der Waals surface area contributed by atoms with E-state index < -0.39 is 0 Å². The Balaban J connectivity index is 2.27. The normalized spacial score (nSPS) is 12.8. The van der Waals surface area contributed by atoms with Crippen LogP contribution in [0.4, 0.5) is 0 Å². The van der Waals surface area contributed by atoms with Crippen LogP contribution in [0.1, 0.15) is 18.9 Å². The lowest BCUT2D eigenvalue weighted by atomic mass is 10.2. The number of nitrogens with one attached hydrogen (secondary N) is 1. The minimum atomic E-state index is 0.484. The fourth-order valence-corrected chi connectivity index (χ4v) is 1.14. The molecule has 0 aromatic carbocycles. The van der Waals surface area contributed by atoms with Crippen LogP contribution < -0.4 is 11.1 Å². The second-order valence-corrected chi connectivity index (χ2v) is 3.21. The van der Waals surface area contributed by atoms with Gasteiger partial charge in [0, 0.05) is 25.0 Å². The summed E-state index contributed by atoms with van der Waals surface area (Å²) in [7, 11) is 0. The van der Waals surface area contributed by atoms with Crippen LogP contribution in [0.3, 0.4) is 0 Å². The van der Waals surface area contributed by atoms with E-state index in [4.69, 9.17) is 5.73 Å². The number of aromatic nitrogens is 1. The van der Waals surface area contributed by atoms with Gasteiger partial charge in [0.25, 0.3) is 0 Å². The molecule has 1 unspecified atom stereocenters. The molecular weight excluding hydrogens is 162 g/mol. The fraction of sp³-hybridized carbons (Fsp3) is 0.500. The van der Waals surface area contributed by atoms with E-state index in [0.717, 1.165) is 19.5 Å². The summed E-state index contributed by atoms with van der Waals surface area (Å²) in [5.74, 6) is 0. The zero-order chi connectivity index (χ0) is 9.52. The average molecular weight is 179 g/mol. The van der Waals surface area contributed by atoms with E-state index in [1.807, 2.05) is 24.5 Å². The van der Waals surface area contributed by atoms with Crippen molar-refractivity contribution in [2.75, 3.05) is 6.54 Å². The summed E-state index contributed by atoms with van der Waals surface area (Å²) in [6.07, 6.45) is 4.64. The van der Waals surface area contributed by atoms with Gasteiger partial charge in [-0.2, -0.15) is 0 Å².